The standard InChI is InChI=1S/C25H27N5OS3/c1-6-10-30-23(20-12-32-17(5)19(20)7-2)28-29-25(30)34-14-22(31)27-24-26-21(13-33-24)18-9-8-15(3)16(4)11-18/h6,8-9,11-13H,1,7,10,14H2,2-5H3,(H,26,27,31). The lowest BCUT2D eigenvalue weighted by Gasteiger charge is -2.08. The number of hydrogen-bond donors (Lipinski definition) is 1. The third-order valence-electron chi connectivity index (χ3n) is 5.61. The molecule has 176 valence electrons. The van der Waals surface area contributed by atoms with E-state index in [4.69, 9.17) is 0 Å². The van der Waals surface area contributed by atoms with Gasteiger partial charge in [-0.15, -0.1) is 39.4 Å². The number of thiazole rings is 1. The highest BCUT2D eigenvalue weighted by atomic mass is 32.2. The fourth-order valence-corrected chi connectivity index (χ4v) is 6.07. The van der Waals surface area contributed by atoms with Crippen LogP contribution < -0.4 is 5.32 Å². The van der Waals surface area contributed by atoms with E-state index in [-0.39, 0.29) is 11.7 Å². The largest absolute Gasteiger partial charge is 0.301 e. The number of carbonyl (C=O) groups excluding carboxylic acids is 1. The average molecular weight is 510 g/mol. The summed E-state index contributed by atoms with van der Waals surface area (Å²) in [5.41, 5.74) is 6.78. The number of hydrogen-bond acceptors (Lipinski definition) is 7. The third kappa shape index (κ3) is 5.16. The van der Waals surface area contributed by atoms with E-state index in [0.29, 0.717) is 16.8 Å². The number of carbonyl (C=O) groups is 1. The zero-order valence-electron chi connectivity index (χ0n) is 19.7. The molecule has 0 aliphatic carbocycles. The van der Waals surface area contributed by atoms with E-state index >= 15 is 0 Å². The van der Waals surface area contributed by atoms with E-state index in [1.807, 2.05) is 16.0 Å². The molecule has 0 saturated carbocycles. The van der Waals surface area contributed by atoms with Crippen molar-refractivity contribution >= 4 is 45.5 Å². The summed E-state index contributed by atoms with van der Waals surface area (Å²) in [6.07, 6.45) is 2.76. The minimum Gasteiger partial charge on any atom is -0.301 e. The quantitative estimate of drug-likeness (QED) is 0.205. The van der Waals surface area contributed by atoms with Gasteiger partial charge in [0.05, 0.1) is 11.4 Å². The van der Waals surface area contributed by atoms with Crippen molar-refractivity contribution in [2.24, 2.45) is 0 Å². The Morgan fingerprint density at radius 1 is 1.18 bits per heavy atom. The van der Waals surface area contributed by atoms with Crippen molar-refractivity contribution in [1.82, 2.24) is 19.7 Å². The van der Waals surface area contributed by atoms with Gasteiger partial charge in [0.15, 0.2) is 16.1 Å². The maximum atomic E-state index is 12.6. The topological polar surface area (TPSA) is 72.7 Å². The Bertz CT molecular complexity index is 1330. The van der Waals surface area contributed by atoms with Crippen LogP contribution >= 0.6 is 34.4 Å². The minimum absolute atomic E-state index is 0.124. The molecule has 4 rings (SSSR count). The number of amides is 1. The fourth-order valence-electron chi connectivity index (χ4n) is 3.64. The number of anilines is 1. The molecule has 0 bridgehead atoms. The molecule has 0 aliphatic heterocycles. The van der Waals surface area contributed by atoms with Crippen LogP contribution in [-0.2, 0) is 17.8 Å². The van der Waals surface area contributed by atoms with Gasteiger partial charge in [-0.3, -0.25) is 9.36 Å². The van der Waals surface area contributed by atoms with Gasteiger partial charge in [0.2, 0.25) is 5.91 Å². The van der Waals surface area contributed by atoms with Crippen molar-refractivity contribution in [2.75, 3.05) is 11.1 Å². The molecule has 9 heteroatoms. The summed E-state index contributed by atoms with van der Waals surface area (Å²) in [4.78, 5) is 18.5. The molecule has 1 N–H and O–H groups in total. The molecule has 0 atom stereocenters. The molecule has 0 fully saturated rings. The van der Waals surface area contributed by atoms with Crippen molar-refractivity contribution in [3.8, 4) is 22.6 Å². The van der Waals surface area contributed by atoms with Crippen LogP contribution in [0.15, 0.2) is 46.8 Å². The predicted octanol–water partition coefficient (Wildman–Crippen LogP) is 6.53. The van der Waals surface area contributed by atoms with Gasteiger partial charge in [0.1, 0.15) is 0 Å². The van der Waals surface area contributed by atoms with Gasteiger partial charge in [-0.1, -0.05) is 36.9 Å². The number of rotatable bonds is 9. The zero-order valence-corrected chi connectivity index (χ0v) is 22.2. The monoisotopic (exact) mass is 509 g/mol. The van der Waals surface area contributed by atoms with Gasteiger partial charge in [-0.25, -0.2) is 4.98 Å². The number of thioether (sulfide) groups is 1. The molecule has 0 aliphatic rings. The lowest BCUT2D eigenvalue weighted by molar-refractivity contribution is -0.113. The molecule has 0 unspecified atom stereocenters. The van der Waals surface area contributed by atoms with Crippen LogP contribution in [0.2, 0.25) is 0 Å². The highest BCUT2D eigenvalue weighted by Crippen LogP contribution is 2.33. The first-order chi connectivity index (χ1) is 16.4. The fraction of sp³-hybridized carbons (Fsp3) is 0.280. The Morgan fingerprint density at radius 2 is 2.00 bits per heavy atom. The van der Waals surface area contributed by atoms with Crippen LogP contribution in [0, 0.1) is 20.8 Å². The van der Waals surface area contributed by atoms with E-state index in [9.17, 15) is 4.79 Å². The summed E-state index contributed by atoms with van der Waals surface area (Å²) in [5.74, 6) is 0.917. The second-order valence-corrected chi connectivity index (χ2v) is 10.8. The van der Waals surface area contributed by atoms with Gasteiger partial charge in [-0.05, 0) is 49.9 Å². The molecule has 1 amide bonds. The molecular formula is C25H27N5OS3. The Morgan fingerprint density at radius 3 is 2.74 bits per heavy atom. The van der Waals surface area contributed by atoms with E-state index in [0.717, 1.165) is 29.1 Å². The first kappa shape index (κ1) is 24.4. The second kappa shape index (κ2) is 10.7. The zero-order chi connectivity index (χ0) is 24.2. The van der Waals surface area contributed by atoms with Crippen LogP contribution in [0.25, 0.3) is 22.6 Å². The van der Waals surface area contributed by atoms with E-state index in [1.165, 1.54) is 44.7 Å². The summed E-state index contributed by atoms with van der Waals surface area (Å²) in [6, 6.07) is 6.27. The maximum Gasteiger partial charge on any atom is 0.236 e. The number of nitrogens with one attached hydrogen (secondary N) is 1. The number of allylic oxidation sites excluding steroid dienone is 1. The van der Waals surface area contributed by atoms with E-state index in [2.05, 4.69) is 78.4 Å². The van der Waals surface area contributed by atoms with Gasteiger partial charge in [0, 0.05) is 33.3 Å². The molecule has 3 aromatic heterocycles. The van der Waals surface area contributed by atoms with Crippen molar-refractivity contribution in [3.05, 3.63) is 63.2 Å². The number of thiophene rings is 1. The average Bonchev–Trinajstić information content (AvgIpc) is 3.53. The van der Waals surface area contributed by atoms with E-state index in [1.54, 1.807) is 11.3 Å². The Hall–Kier alpha value is -2.75. The smallest absolute Gasteiger partial charge is 0.236 e. The van der Waals surface area contributed by atoms with Crippen LogP contribution in [0.4, 0.5) is 5.13 Å². The Kier molecular flexibility index (Phi) is 7.65. The summed E-state index contributed by atoms with van der Waals surface area (Å²) in [5, 5.41) is 17.1. The molecule has 3 heterocycles. The minimum atomic E-state index is -0.124. The number of aryl methyl sites for hydroxylation is 3. The highest BCUT2D eigenvalue weighted by Gasteiger charge is 2.19. The number of nitrogens with zero attached hydrogens (tertiary/aromatic N) is 4. The van der Waals surface area contributed by atoms with Crippen LogP contribution in [-0.4, -0.2) is 31.4 Å². The highest BCUT2D eigenvalue weighted by molar-refractivity contribution is 7.99. The molecule has 0 saturated heterocycles. The summed E-state index contributed by atoms with van der Waals surface area (Å²) in [7, 11) is 0. The van der Waals surface area contributed by atoms with Crippen LogP contribution in [0.5, 0.6) is 0 Å². The molecule has 0 radical (unpaired) electrons. The van der Waals surface area contributed by atoms with Gasteiger partial charge in [0.25, 0.3) is 0 Å². The molecule has 4 aromatic rings. The normalized spacial score (nSPS) is 11.1. The summed E-state index contributed by atoms with van der Waals surface area (Å²) >= 11 is 4.52. The predicted molar refractivity (Wildman–Crippen MR) is 144 cm³/mol. The molecule has 6 nitrogen and oxygen atoms in total. The van der Waals surface area contributed by atoms with Crippen molar-refractivity contribution < 1.29 is 4.79 Å². The Labute approximate surface area is 212 Å². The first-order valence-corrected chi connectivity index (χ1v) is 13.7. The molecule has 1 aromatic carbocycles. The second-order valence-electron chi connectivity index (χ2n) is 7.92. The van der Waals surface area contributed by atoms with Gasteiger partial charge < -0.3 is 5.32 Å². The number of aromatic nitrogens is 4. The Balaban J connectivity index is 1.44. The van der Waals surface area contributed by atoms with Crippen molar-refractivity contribution in [1.29, 1.82) is 0 Å². The third-order valence-corrected chi connectivity index (χ3v) is 8.29. The first-order valence-electron chi connectivity index (χ1n) is 11.0. The van der Waals surface area contributed by atoms with E-state index < -0.39 is 0 Å². The van der Waals surface area contributed by atoms with Crippen LogP contribution in [0.3, 0.4) is 0 Å². The number of benzene rings is 1. The SMILES string of the molecule is C=CCn1c(SCC(=O)Nc2nc(-c3ccc(C)c(C)c3)cs2)nnc1-c1csc(C)c1CC. The lowest BCUT2D eigenvalue weighted by atomic mass is 10.1. The molecular weight excluding hydrogens is 483 g/mol. The van der Waals surface area contributed by atoms with Crippen molar-refractivity contribution in [2.45, 2.75) is 45.8 Å². The van der Waals surface area contributed by atoms with Crippen molar-refractivity contribution in [3.63, 3.8) is 0 Å². The maximum absolute atomic E-state index is 12.6. The van der Waals surface area contributed by atoms with Crippen LogP contribution in [0.1, 0.15) is 28.5 Å². The van der Waals surface area contributed by atoms with Gasteiger partial charge >= 0.3 is 0 Å². The van der Waals surface area contributed by atoms with Gasteiger partial charge in [-0.2, -0.15) is 0 Å². The summed E-state index contributed by atoms with van der Waals surface area (Å²) in [6.45, 7) is 12.9. The summed E-state index contributed by atoms with van der Waals surface area (Å²) < 4.78 is 2.02. The molecule has 0 spiro atoms. The molecule has 34 heavy (non-hydrogen) atoms. The lowest BCUT2D eigenvalue weighted by Crippen LogP contribution is -2.14.